The van der Waals surface area contributed by atoms with Crippen molar-refractivity contribution in [3.05, 3.63) is 64.4 Å². The van der Waals surface area contributed by atoms with E-state index in [4.69, 9.17) is 15.5 Å². The van der Waals surface area contributed by atoms with Gasteiger partial charge < -0.3 is 15.4 Å². The van der Waals surface area contributed by atoms with Gasteiger partial charge in [0.25, 0.3) is 5.56 Å². The van der Waals surface area contributed by atoms with Gasteiger partial charge in [0.15, 0.2) is 0 Å². The maximum Gasteiger partial charge on any atom is 0.337 e. The fourth-order valence-electron chi connectivity index (χ4n) is 3.80. The zero-order chi connectivity index (χ0) is 21.3. The standard InChI is InChI=1S/C22H22N4O4/c1-30-21(29)15-7-8-17-18(13-15)24-22(25-11-9-14(10-12-25)19(23)27)26(20(17)28)16-5-3-2-4-6-16/h2-8,13-14H,9-12H2,1H3,(H2,23,27). The Balaban J connectivity index is 1.88. The summed E-state index contributed by atoms with van der Waals surface area (Å²) in [5.41, 5.74) is 6.67. The molecule has 3 aromatic rings. The second-order valence-electron chi connectivity index (χ2n) is 7.28. The molecule has 1 aliphatic heterocycles. The van der Waals surface area contributed by atoms with Gasteiger partial charge in [-0.25, -0.2) is 14.3 Å². The largest absolute Gasteiger partial charge is 0.465 e. The lowest BCUT2D eigenvalue weighted by molar-refractivity contribution is -0.122. The summed E-state index contributed by atoms with van der Waals surface area (Å²) in [6.45, 7) is 1.10. The van der Waals surface area contributed by atoms with Gasteiger partial charge >= 0.3 is 5.97 Å². The molecule has 1 amide bonds. The van der Waals surface area contributed by atoms with Crippen LogP contribution in [0, 0.1) is 5.92 Å². The number of nitrogens with two attached hydrogens (primary N) is 1. The lowest BCUT2D eigenvalue weighted by Gasteiger charge is -2.32. The molecule has 0 atom stereocenters. The Hall–Kier alpha value is -3.68. The number of anilines is 1. The smallest absolute Gasteiger partial charge is 0.337 e. The van der Waals surface area contributed by atoms with Crippen molar-refractivity contribution in [2.24, 2.45) is 11.7 Å². The van der Waals surface area contributed by atoms with Gasteiger partial charge in [0.05, 0.1) is 29.3 Å². The molecule has 8 nitrogen and oxygen atoms in total. The van der Waals surface area contributed by atoms with E-state index >= 15 is 0 Å². The molecule has 0 aliphatic carbocycles. The van der Waals surface area contributed by atoms with E-state index in [9.17, 15) is 14.4 Å². The van der Waals surface area contributed by atoms with E-state index in [2.05, 4.69) is 0 Å². The van der Waals surface area contributed by atoms with Crippen LogP contribution in [0.1, 0.15) is 23.2 Å². The van der Waals surface area contributed by atoms with Crippen LogP contribution in [0.25, 0.3) is 16.6 Å². The van der Waals surface area contributed by atoms with Crippen molar-refractivity contribution < 1.29 is 14.3 Å². The summed E-state index contributed by atoms with van der Waals surface area (Å²) in [5, 5.41) is 0.405. The number of rotatable bonds is 4. The van der Waals surface area contributed by atoms with E-state index in [1.54, 1.807) is 22.8 Å². The van der Waals surface area contributed by atoms with Crippen molar-refractivity contribution in [2.75, 3.05) is 25.1 Å². The van der Waals surface area contributed by atoms with Crippen LogP contribution in [0.3, 0.4) is 0 Å². The molecular formula is C22H22N4O4. The maximum atomic E-state index is 13.4. The van der Waals surface area contributed by atoms with Crippen LogP contribution >= 0.6 is 0 Å². The van der Waals surface area contributed by atoms with Gasteiger partial charge in [-0.05, 0) is 43.2 Å². The van der Waals surface area contributed by atoms with Gasteiger partial charge in [0.2, 0.25) is 11.9 Å². The molecule has 1 aromatic heterocycles. The number of piperidine rings is 1. The van der Waals surface area contributed by atoms with Crippen LogP contribution in [0.5, 0.6) is 0 Å². The highest BCUT2D eigenvalue weighted by atomic mass is 16.5. The van der Waals surface area contributed by atoms with Crippen LogP contribution < -0.4 is 16.2 Å². The van der Waals surface area contributed by atoms with Crippen LogP contribution in [0.4, 0.5) is 5.95 Å². The molecule has 0 radical (unpaired) electrons. The summed E-state index contributed by atoms with van der Waals surface area (Å²) in [7, 11) is 1.31. The molecule has 1 fully saturated rings. The number of ether oxygens (including phenoxy) is 1. The second kappa shape index (κ2) is 7.98. The lowest BCUT2D eigenvalue weighted by Crippen LogP contribution is -2.41. The fourth-order valence-corrected chi connectivity index (χ4v) is 3.80. The summed E-state index contributed by atoms with van der Waals surface area (Å²) in [6.07, 6.45) is 1.19. The SMILES string of the molecule is COC(=O)c1ccc2c(=O)n(-c3ccccc3)c(N3CCC(C(N)=O)CC3)nc2c1. The van der Waals surface area contributed by atoms with E-state index in [1.165, 1.54) is 7.11 Å². The third kappa shape index (κ3) is 3.52. The number of primary amides is 1. The van der Waals surface area contributed by atoms with Crippen molar-refractivity contribution in [1.29, 1.82) is 0 Å². The summed E-state index contributed by atoms with van der Waals surface area (Å²) >= 11 is 0. The van der Waals surface area contributed by atoms with Crippen LogP contribution in [0.2, 0.25) is 0 Å². The zero-order valence-electron chi connectivity index (χ0n) is 16.6. The van der Waals surface area contributed by atoms with Gasteiger partial charge in [-0.1, -0.05) is 18.2 Å². The molecule has 1 aliphatic rings. The summed E-state index contributed by atoms with van der Waals surface area (Å²) < 4.78 is 6.36. The van der Waals surface area contributed by atoms with Crippen LogP contribution in [-0.4, -0.2) is 41.6 Å². The first-order chi connectivity index (χ1) is 14.5. The highest BCUT2D eigenvalue weighted by Crippen LogP contribution is 2.25. The monoisotopic (exact) mass is 406 g/mol. The minimum Gasteiger partial charge on any atom is -0.465 e. The number of carbonyl (C=O) groups is 2. The van der Waals surface area contributed by atoms with E-state index in [1.807, 2.05) is 35.2 Å². The average Bonchev–Trinajstić information content (AvgIpc) is 2.78. The maximum absolute atomic E-state index is 13.4. The number of amides is 1. The van der Waals surface area contributed by atoms with Crippen LogP contribution in [0.15, 0.2) is 53.3 Å². The first-order valence-corrected chi connectivity index (χ1v) is 9.74. The normalized spacial score (nSPS) is 14.6. The van der Waals surface area contributed by atoms with Crippen molar-refractivity contribution in [3.8, 4) is 5.69 Å². The van der Waals surface area contributed by atoms with Crippen molar-refractivity contribution >= 4 is 28.7 Å². The molecule has 0 bridgehead atoms. The molecule has 30 heavy (non-hydrogen) atoms. The Morgan fingerprint density at radius 2 is 1.80 bits per heavy atom. The second-order valence-corrected chi connectivity index (χ2v) is 7.28. The number of esters is 1. The van der Waals surface area contributed by atoms with E-state index in [0.717, 1.165) is 0 Å². The summed E-state index contributed by atoms with van der Waals surface area (Å²) in [6, 6.07) is 14.0. The van der Waals surface area contributed by atoms with Crippen molar-refractivity contribution in [1.82, 2.24) is 9.55 Å². The van der Waals surface area contributed by atoms with Crippen LogP contribution in [-0.2, 0) is 9.53 Å². The molecule has 154 valence electrons. The number of fused-ring (bicyclic) bond motifs is 1. The molecule has 2 heterocycles. The number of aromatic nitrogens is 2. The minimum atomic E-state index is -0.491. The molecule has 0 saturated carbocycles. The molecule has 0 spiro atoms. The van der Waals surface area contributed by atoms with E-state index < -0.39 is 5.97 Å². The van der Waals surface area contributed by atoms with Gasteiger partial charge in [-0.15, -0.1) is 0 Å². The number of methoxy groups -OCH3 is 1. The van der Waals surface area contributed by atoms with Crippen molar-refractivity contribution in [2.45, 2.75) is 12.8 Å². The number of hydrogen-bond acceptors (Lipinski definition) is 6. The summed E-state index contributed by atoms with van der Waals surface area (Å²) in [5.74, 6) is -0.493. The highest BCUT2D eigenvalue weighted by molar-refractivity contribution is 5.94. The zero-order valence-corrected chi connectivity index (χ0v) is 16.6. The lowest BCUT2D eigenvalue weighted by atomic mass is 9.96. The minimum absolute atomic E-state index is 0.176. The van der Waals surface area contributed by atoms with Gasteiger partial charge in [-0.2, -0.15) is 0 Å². The first-order valence-electron chi connectivity index (χ1n) is 9.74. The molecule has 8 heteroatoms. The molecule has 0 unspecified atom stereocenters. The Labute approximate surface area is 172 Å². The number of nitrogens with zero attached hydrogens (tertiary/aromatic N) is 3. The number of hydrogen-bond donors (Lipinski definition) is 1. The predicted octanol–water partition coefficient (Wildman–Crippen LogP) is 1.87. The average molecular weight is 406 g/mol. The van der Waals surface area contributed by atoms with E-state index in [0.29, 0.717) is 54.0 Å². The van der Waals surface area contributed by atoms with Gasteiger partial charge in [0, 0.05) is 19.0 Å². The molecule has 2 N–H and O–H groups in total. The molecule has 4 rings (SSSR count). The Bertz CT molecular complexity index is 1160. The molecular weight excluding hydrogens is 384 g/mol. The Kier molecular flexibility index (Phi) is 5.22. The third-order valence-electron chi connectivity index (χ3n) is 5.47. The highest BCUT2D eigenvalue weighted by Gasteiger charge is 2.27. The van der Waals surface area contributed by atoms with E-state index in [-0.39, 0.29) is 17.4 Å². The number of carbonyl (C=O) groups excluding carboxylic acids is 2. The summed E-state index contributed by atoms with van der Waals surface area (Å²) in [4.78, 5) is 43.6. The quantitative estimate of drug-likeness (QED) is 0.663. The Morgan fingerprint density at radius 1 is 1.10 bits per heavy atom. The van der Waals surface area contributed by atoms with Gasteiger partial charge in [-0.3, -0.25) is 9.59 Å². The number of benzene rings is 2. The fraction of sp³-hybridized carbons (Fsp3) is 0.273. The predicted molar refractivity (Wildman–Crippen MR) is 113 cm³/mol. The third-order valence-corrected chi connectivity index (χ3v) is 5.47. The topological polar surface area (TPSA) is 108 Å². The Morgan fingerprint density at radius 3 is 2.43 bits per heavy atom. The number of para-hydroxylation sites is 1. The first kappa shape index (κ1) is 19.6. The molecule has 1 saturated heterocycles. The molecule has 2 aromatic carbocycles. The van der Waals surface area contributed by atoms with Gasteiger partial charge in [0.1, 0.15) is 0 Å². The van der Waals surface area contributed by atoms with Crippen molar-refractivity contribution in [3.63, 3.8) is 0 Å².